The summed E-state index contributed by atoms with van der Waals surface area (Å²) in [6.45, 7) is 4.92. The molecule has 45 nitrogen and oxygen atoms in total. The van der Waals surface area contributed by atoms with E-state index in [4.69, 9.17) is 5.73 Å². The van der Waals surface area contributed by atoms with Crippen LogP contribution in [0, 0.1) is 5.92 Å². The van der Waals surface area contributed by atoms with Crippen LogP contribution in [0.4, 0.5) is 4.79 Å². The molecule has 48 heteroatoms. The minimum Gasteiger partial charge on any atom is -0.508 e. The lowest BCUT2D eigenvalue weighted by Gasteiger charge is -2.29. The number of nitrogens with two attached hydrogens (primary N) is 1. The Morgan fingerprint density at radius 2 is 0.935 bits per heavy atom. The first kappa shape index (κ1) is 107. The molecule has 1 heterocycles. The summed E-state index contributed by atoms with van der Waals surface area (Å²) < 4.78 is 0. The van der Waals surface area contributed by atoms with Gasteiger partial charge in [-0.1, -0.05) is 80.9 Å². The second-order valence-electron chi connectivity index (χ2n) is 28.9. The highest BCUT2D eigenvalue weighted by atomic mass is 32.2. The molecule has 1 saturated heterocycles. The number of carbonyl (C=O) groups excluding carboxylic acids is 17. The minimum atomic E-state index is -2.21. The van der Waals surface area contributed by atoms with Crippen LogP contribution in [0.25, 0.3) is 0 Å². The Bertz CT molecular complexity index is 4010. The smallest absolute Gasteiger partial charge is 0.305 e. The summed E-state index contributed by atoms with van der Waals surface area (Å²) in [4.78, 5) is 266. The fourth-order valence-corrected chi connectivity index (χ4v) is 13.5. The molecule has 0 spiro atoms. The number of carboxylic acid groups (broad SMARTS) is 3. The molecule has 0 unspecified atom stereocenters. The van der Waals surface area contributed by atoms with Gasteiger partial charge in [0.15, 0.2) is 0 Å². The number of carboxylic acids is 3. The number of phenolic OH excluding ortho intramolecular Hbond substituents is 1. The lowest BCUT2D eigenvalue weighted by atomic mass is 9.97. The molecule has 688 valence electrons. The number of aliphatic carboxylic acids is 3. The van der Waals surface area contributed by atoms with E-state index in [1.807, 2.05) is 0 Å². The number of imide groups is 1. The summed E-state index contributed by atoms with van der Waals surface area (Å²) in [5, 5.41) is 116. The van der Waals surface area contributed by atoms with Gasteiger partial charge in [-0.3, -0.25) is 101 Å². The number of benzene rings is 2. The van der Waals surface area contributed by atoms with Gasteiger partial charge in [0.1, 0.15) is 78.3 Å². The van der Waals surface area contributed by atoms with Crippen LogP contribution in [-0.2, 0) is 104 Å². The number of aromatic hydroxyl groups is 1. The van der Waals surface area contributed by atoms with E-state index >= 15 is 0 Å². The third-order valence-corrected chi connectivity index (χ3v) is 21.1. The van der Waals surface area contributed by atoms with E-state index in [1.165, 1.54) is 62.0 Å². The largest absolute Gasteiger partial charge is 0.508 e. The third-order valence-electron chi connectivity index (χ3n) is 18.7. The molecule has 2 aromatic rings. The van der Waals surface area contributed by atoms with Crippen LogP contribution in [0.2, 0.25) is 0 Å². The van der Waals surface area contributed by atoms with Crippen molar-refractivity contribution < 1.29 is 137 Å². The van der Waals surface area contributed by atoms with E-state index in [-0.39, 0.29) is 54.5 Å². The summed E-state index contributed by atoms with van der Waals surface area (Å²) in [6, 6.07) is -9.21. The molecule has 0 aromatic heterocycles. The monoisotopic (exact) mass is 1810 g/mol. The summed E-state index contributed by atoms with van der Waals surface area (Å²) in [7, 11) is 0. The first-order valence-electron chi connectivity index (χ1n) is 39.3. The summed E-state index contributed by atoms with van der Waals surface area (Å²) in [5.41, 5.74) is 6.11. The first-order valence-corrected chi connectivity index (χ1v) is 42.9. The van der Waals surface area contributed by atoms with Gasteiger partial charge in [-0.05, 0) is 101 Å². The number of hydrogen-bond donors (Lipinski definition) is 24. The molecule has 0 bridgehead atoms. The Morgan fingerprint density at radius 1 is 0.476 bits per heavy atom. The van der Waals surface area contributed by atoms with Gasteiger partial charge in [0.05, 0.1) is 62.1 Å². The number of carbonyl (C=O) groups is 20. The zero-order chi connectivity index (χ0) is 93.0. The predicted molar refractivity (Wildman–Crippen MR) is 446 cm³/mol. The number of phenols is 1. The number of aliphatic hydroxyl groups is 4. The standard InChI is InChI=1S/C76H113N17O28S3/c1-8-38(2)61(73(118)81-40(4)64(109)83-47(23-27-122-7)66(111)85-50(30-59(105)106)67(112)80-39(3)14-12-13-24-77)91-72(117)53(34-95)88-68(113)48(29-44-17-19-45(98)20-18-44)84-69(114)51(31-60(107)108)86-71(116)52(33-94)89-75(120)63(42(6)97)92-70(115)49(28-43-15-10-9-11-16-43)87-74(119)62(41(5)96)90-54(99)32-79-65(110)46(21-22-58(103)104)82-56(101)36-123-35-55(100)78-25-26-93-57(102)37-124-76(93)121/h9-11,15-20,38-42,46-53,61-63,94-98H,8,12-14,21-37,77H2,1-7H3,(H,78,100)(H,79,110)(H,80,112)(H,81,118)(H,82,101)(H,83,109)(H,84,114)(H,85,111)(H,86,116)(H,87,119)(H,88,113)(H,89,120)(H,90,99)(H,91,117)(H,92,115)(H,103,104)(H,105,106)(H,107,108)/t38-,39+,40-,41+,42+,46-,47-,48-,49-,50-,51-,52-,53-,61-,62-,63-/m0/s1. The molecule has 2 aromatic carbocycles. The molecule has 1 aliphatic rings. The number of thioether (sulfide) groups is 3. The van der Waals surface area contributed by atoms with E-state index in [0.717, 1.165) is 42.3 Å². The Kier molecular flexibility index (Phi) is 48.0. The van der Waals surface area contributed by atoms with Crippen molar-refractivity contribution in [3.8, 4) is 5.75 Å². The zero-order valence-corrected chi connectivity index (χ0v) is 71.7. The number of nitrogens with one attached hydrogen (secondary N) is 15. The number of nitrogens with zero attached hydrogens (tertiary/aromatic N) is 1. The van der Waals surface area contributed by atoms with Crippen LogP contribution in [-0.4, -0.2) is 323 Å². The minimum absolute atomic E-state index is 0.0236. The number of unbranched alkanes of at least 4 members (excludes halogenated alkanes) is 1. The Morgan fingerprint density at radius 3 is 1.46 bits per heavy atom. The summed E-state index contributed by atoms with van der Waals surface area (Å²) >= 11 is 2.90. The van der Waals surface area contributed by atoms with Crippen molar-refractivity contribution >= 4 is 153 Å². The molecule has 1 fully saturated rings. The molecule has 3 rings (SSSR count). The van der Waals surface area contributed by atoms with Crippen LogP contribution in [0.1, 0.15) is 110 Å². The molecule has 0 saturated carbocycles. The SMILES string of the molecule is CC[C@H](C)[C@H](NC(=O)[C@H](CO)NC(=O)[C@H](Cc1ccc(O)cc1)NC(=O)[C@H](CC(=O)O)NC(=O)[C@H](CO)NC(=O)[C@@H](NC(=O)[C@H](Cc1ccccc1)NC(=O)[C@@H](NC(=O)CNC(=O)[C@H](CCC(=O)O)NC(=O)CSCC(=O)NCCN1C(=O)CSC1=O)[C@@H](C)O)[C@@H](C)O)C(=O)N[C@@H](C)C(=O)N[C@@H](CCSC)C(=O)N[C@@H](CC(=O)O)C(=O)N[C@H](C)CCCCN. The highest BCUT2D eigenvalue weighted by molar-refractivity contribution is 8.14. The number of aliphatic hydroxyl groups excluding tert-OH is 4. The van der Waals surface area contributed by atoms with Crippen LogP contribution in [0.5, 0.6) is 5.75 Å². The van der Waals surface area contributed by atoms with Crippen molar-refractivity contribution in [2.24, 2.45) is 11.7 Å². The third kappa shape index (κ3) is 39.0. The average Bonchev–Trinajstić information content (AvgIpc) is 1.06. The average molecular weight is 1810 g/mol. The van der Waals surface area contributed by atoms with E-state index in [0.29, 0.717) is 31.4 Å². The lowest BCUT2D eigenvalue weighted by Crippen LogP contribution is -2.63. The topological polar surface area (TPSA) is 713 Å². The van der Waals surface area contributed by atoms with Crippen molar-refractivity contribution in [2.75, 3.05) is 68.7 Å². The van der Waals surface area contributed by atoms with Crippen molar-refractivity contribution in [3.63, 3.8) is 0 Å². The number of hydrogen-bond acceptors (Lipinski definition) is 29. The van der Waals surface area contributed by atoms with Crippen molar-refractivity contribution in [1.82, 2.24) is 84.7 Å². The highest BCUT2D eigenvalue weighted by Crippen LogP contribution is 2.19. The van der Waals surface area contributed by atoms with Crippen molar-refractivity contribution in [3.05, 3.63) is 65.7 Å². The Hall–Kier alpha value is -11.3. The van der Waals surface area contributed by atoms with Gasteiger partial charge in [-0.25, -0.2) is 0 Å². The number of rotatable bonds is 58. The van der Waals surface area contributed by atoms with E-state index < -0.39 is 278 Å². The fourth-order valence-electron chi connectivity index (χ4n) is 11.6. The second kappa shape index (κ2) is 55.7. The van der Waals surface area contributed by atoms with Gasteiger partial charge in [0.2, 0.25) is 94.5 Å². The van der Waals surface area contributed by atoms with Crippen molar-refractivity contribution in [2.45, 2.75) is 203 Å². The van der Waals surface area contributed by atoms with Gasteiger partial charge in [-0.15, -0.1) is 11.8 Å². The molecule has 0 aliphatic carbocycles. The van der Waals surface area contributed by atoms with E-state index in [9.17, 15) is 137 Å². The summed E-state index contributed by atoms with van der Waals surface area (Å²) in [5.74, 6) is -23.0. The fraction of sp³-hybridized carbons (Fsp3) is 0.579. The van der Waals surface area contributed by atoms with Gasteiger partial charge >= 0.3 is 17.9 Å². The van der Waals surface area contributed by atoms with Crippen LogP contribution in [0.3, 0.4) is 0 Å². The molecule has 25 N–H and O–H groups in total. The second-order valence-corrected chi connectivity index (χ2v) is 31.8. The quantitative estimate of drug-likeness (QED) is 0.0274. The molecule has 16 atom stereocenters. The lowest BCUT2D eigenvalue weighted by molar-refractivity contribution is -0.142. The zero-order valence-electron chi connectivity index (χ0n) is 69.3. The van der Waals surface area contributed by atoms with Gasteiger partial charge in [0.25, 0.3) is 5.24 Å². The molecule has 17 amide bonds. The number of amides is 17. The van der Waals surface area contributed by atoms with Gasteiger partial charge in [-0.2, -0.15) is 11.8 Å². The molecule has 124 heavy (non-hydrogen) atoms. The first-order chi connectivity index (χ1) is 58.6. The van der Waals surface area contributed by atoms with Crippen LogP contribution >= 0.6 is 35.3 Å². The van der Waals surface area contributed by atoms with E-state index in [2.05, 4.69) is 79.8 Å². The highest BCUT2D eigenvalue weighted by Gasteiger charge is 2.40. The predicted octanol–water partition coefficient (Wildman–Crippen LogP) is -7.33. The van der Waals surface area contributed by atoms with Crippen molar-refractivity contribution in [1.29, 1.82) is 0 Å². The normalized spacial score (nSPS) is 15.6. The molecule has 1 aliphatic heterocycles. The van der Waals surface area contributed by atoms with E-state index in [1.54, 1.807) is 38.3 Å². The summed E-state index contributed by atoms with van der Waals surface area (Å²) in [6.07, 6.45) is -4.14. The van der Waals surface area contributed by atoms with Crippen LogP contribution in [0.15, 0.2) is 54.6 Å². The van der Waals surface area contributed by atoms with Crippen LogP contribution < -0.4 is 85.5 Å². The van der Waals surface area contributed by atoms with Gasteiger partial charge < -0.3 is 126 Å². The maximum atomic E-state index is 14.4. The maximum Gasteiger partial charge on any atom is 0.305 e. The Balaban J connectivity index is 1.80. The maximum absolute atomic E-state index is 14.4. The van der Waals surface area contributed by atoms with Gasteiger partial charge in [0, 0.05) is 38.4 Å². The molecular formula is C76H113N17O28S3. The molecule has 0 radical (unpaired) electrons. The Labute approximate surface area is 725 Å². The molecular weight excluding hydrogens is 1700 g/mol.